The fraction of sp³-hybridized carbons (Fsp3) is 0.778. The molecule has 10 heteroatoms. The monoisotopic (exact) mass is 292 g/mol. The summed E-state index contributed by atoms with van der Waals surface area (Å²) in [5.41, 5.74) is 0. The maximum Gasteiger partial charge on any atom is 1.00 e. The molecule has 6 N–H and O–H groups in total. The van der Waals surface area contributed by atoms with Crippen molar-refractivity contribution < 1.29 is 74.9 Å². The molecule has 0 aliphatic rings. The zero-order chi connectivity index (χ0) is 14.9. The Kier molecular flexibility index (Phi) is 16.3. The molecule has 19 heavy (non-hydrogen) atoms. The van der Waals surface area contributed by atoms with E-state index in [4.69, 9.17) is 30.6 Å². The van der Waals surface area contributed by atoms with Crippen LogP contribution < -0.4 is 34.7 Å². The second-order valence-corrected chi connectivity index (χ2v) is 3.30. The van der Waals surface area contributed by atoms with E-state index in [1.54, 1.807) is 0 Å². The van der Waals surface area contributed by atoms with E-state index in [1.165, 1.54) is 0 Å². The number of hydrogen-bond donors (Lipinski definition) is 6. The summed E-state index contributed by atoms with van der Waals surface area (Å²) in [6.07, 6.45) is -6.56. The number of hydrogen-bond acceptors (Lipinski definition) is 9. The van der Waals surface area contributed by atoms with Crippen molar-refractivity contribution in [3.63, 3.8) is 0 Å². The van der Waals surface area contributed by atoms with Crippen molar-refractivity contribution in [3.05, 3.63) is 0 Å². The second kappa shape index (κ2) is 12.9. The third kappa shape index (κ3) is 11.4. The molecule has 0 aliphatic heterocycles. The van der Waals surface area contributed by atoms with Crippen LogP contribution in [0.1, 0.15) is 6.92 Å². The van der Waals surface area contributed by atoms with Crippen LogP contribution in [0.5, 0.6) is 0 Å². The predicted octanol–water partition coefficient (Wildman–Crippen LogP) is -8.26. The standard InChI is InChI=1S/C6H12O6.C3H6O3.Na/c7-1-3(9)5(11)6(12)4(10)2-8;1-2(4)3(5)6;/h3,5-9,11-12H,1-2H2;2,4H,1H3,(H,5,6);/q;;+1/p-1. The van der Waals surface area contributed by atoms with E-state index in [2.05, 4.69) is 0 Å². The van der Waals surface area contributed by atoms with Crippen molar-refractivity contribution in [2.24, 2.45) is 0 Å². The number of rotatable bonds is 6. The van der Waals surface area contributed by atoms with Crippen LogP contribution in [-0.4, -0.2) is 80.0 Å². The number of carbonyl (C=O) groups excluding carboxylic acids is 2. The number of aliphatic hydroxyl groups excluding tert-OH is 6. The number of Topliss-reactive ketones (excluding diaryl/α,β-unsaturated/α-hetero) is 1. The van der Waals surface area contributed by atoms with Crippen molar-refractivity contribution in [1.29, 1.82) is 0 Å². The van der Waals surface area contributed by atoms with Crippen molar-refractivity contribution in [2.75, 3.05) is 13.2 Å². The molecule has 0 bridgehead atoms. The van der Waals surface area contributed by atoms with Gasteiger partial charge in [-0.25, -0.2) is 0 Å². The van der Waals surface area contributed by atoms with Crippen molar-refractivity contribution in [3.8, 4) is 0 Å². The summed E-state index contributed by atoms with van der Waals surface area (Å²) in [6.45, 7) is -0.553. The summed E-state index contributed by atoms with van der Waals surface area (Å²) in [6, 6.07) is 0. The molecule has 0 spiro atoms. The molecule has 0 amide bonds. The van der Waals surface area contributed by atoms with Gasteiger partial charge in [0.1, 0.15) is 24.9 Å². The first-order valence-electron chi connectivity index (χ1n) is 4.86. The molecule has 0 heterocycles. The molecule has 9 nitrogen and oxygen atoms in total. The Balaban J connectivity index is -0.000000313. The first-order valence-corrected chi connectivity index (χ1v) is 4.86. The Morgan fingerprint density at radius 3 is 1.68 bits per heavy atom. The minimum absolute atomic E-state index is 0. The quantitative estimate of drug-likeness (QED) is 0.259. The van der Waals surface area contributed by atoms with Gasteiger partial charge in [0.2, 0.25) is 0 Å². The van der Waals surface area contributed by atoms with Crippen LogP contribution in [0.15, 0.2) is 0 Å². The molecule has 0 aliphatic carbocycles. The summed E-state index contributed by atoms with van der Waals surface area (Å²) in [7, 11) is 0. The fourth-order valence-corrected chi connectivity index (χ4v) is 0.602. The van der Waals surface area contributed by atoms with E-state index < -0.39 is 49.4 Å². The Hall–Kier alpha value is -0.100. The molecule has 0 saturated carbocycles. The van der Waals surface area contributed by atoms with Crippen LogP contribution in [0, 0.1) is 0 Å². The number of carbonyl (C=O) groups is 2. The summed E-state index contributed by atoms with van der Waals surface area (Å²) in [4.78, 5) is 19.9. The maximum absolute atomic E-state index is 10.5. The van der Waals surface area contributed by atoms with Gasteiger partial charge in [-0.3, -0.25) is 4.79 Å². The second-order valence-electron chi connectivity index (χ2n) is 3.30. The predicted molar refractivity (Wildman–Crippen MR) is 53.9 cm³/mol. The number of aliphatic carboxylic acids is 1. The van der Waals surface area contributed by atoms with E-state index in [1.807, 2.05) is 0 Å². The molecule has 0 rings (SSSR count). The van der Waals surface area contributed by atoms with Crippen molar-refractivity contribution >= 4 is 11.8 Å². The first kappa shape index (κ1) is 24.0. The normalized spacial score (nSPS) is 15.9. The summed E-state index contributed by atoms with van der Waals surface area (Å²) in [5, 5.41) is 60.4. The molecule has 0 aromatic heterocycles. The Bertz CT molecular complexity index is 258. The molecule has 4 unspecified atom stereocenters. The molecule has 108 valence electrons. The molecule has 4 atom stereocenters. The number of carboxylic acid groups (broad SMARTS) is 1. The zero-order valence-electron chi connectivity index (χ0n) is 10.6. The molecule has 0 aromatic carbocycles. The van der Waals surface area contributed by atoms with Gasteiger partial charge >= 0.3 is 29.6 Å². The maximum atomic E-state index is 10.5. The minimum atomic E-state index is -1.86. The summed E-state index contributed by atoms with van der Waals surface area (Å²) >= 11 is 0. The van der Waals surface area contributed by atoms with Crippen molar-refractivity contribution in [1.82, 2.24) is 0 Å². The molecular weight excluding hydrogens is 275 g/mol. The van der Waals surface area contributed by atoms with E-state index in [9.17, 15) is 14.7 Å². The van der Waals surface area contributed by atoms with Gasteiger partial charge in [0.05, 0.1) is 18.7 Å². The van der Waals surface area contributed by atoms with Gasteiger partial charge in [0, 0.05) is 0 Å². The van der Waals surface area contributed by atoms with E-state index >= 15 is 0 Å². The molecule has 0 fully saturated rings. The van der Waals surface area contributed by atoms with Gasteiger partial charge in [0.15, 0.2) is 5.78 Å². The topological polar surface area (TPSA) is 179 Å². The number of aliphatic hydroxyl groups is 6. The zero-order valence-corrected chi connectivity index (χ0v) is 12.6. The average molecular weight is 292 g/mol. The average Bonchev–Trinajstić information content (AvgIpc) is 2.35. The third-order valence-corrected chi connectivity index (χ3v) is 1.73. The van der Waals surface area contributed by atoms with E-state index in [0.717, 1.165) is 6.92 Å². The molecule has 0 saturated heterocycles. The smallest absolute Gasteiger partial charge is 0.547 e. The fourth-order valence-electron chi connectivity index (χ4n) is 0.602. The van der Waals surface area contributed by atoms with Gasteiger partial charge in [-0.05, 0) is 6.92 Å². The molecular formula is C9H17NaO9. The van der Waals surface area contributed by atoms with Crippen LogP contribution in [-0.2, 0) is 9.59 Å². The minimum Gasteiger partial charge on any atom is -0.547 e. The van der Waals surface area contributed by atoms with Crippen LogP contribution in [0.2, 0.25) is 0 Å². The Morgan fingerprint density at radius 1 is 1.11 bits per heavy atom. The van der Waals surface area contributed by atoms with Gasteiger partial charge in [-0.2, -0.15) is 0 Å². The SMILES string of the molecule is CC(O)C(=O)[O-].O=C(CO)C(O)C(O)C(O)CO.[Na+]. The molecule has 0 radical (unpaired) electrons. The van der Waals surface area contributed by atoms with E-state index in [-0.39, 0.29) is 29.6 Å². The van der Waals surface area contributed by atoms with Gasteiger partial charge in [-0.15, -0.1) is 0 Å². The Morgan fingerprint density at radius 2 is 1.47 bits per heavy atom. The molecule has 0 aromatic rings. The van der Waals surface area contributed by atoms with Crippen LogP contribution >= 0.6 is 0 Å². The van der Waals surface area contributed by atoms with Crippen LogP contribution in [0.3, 0.4) is 0 Å². The van der Waals surface area contributed by atoms with Crippen molar-refractivity contribution in [2.45, 2.75) is 31.3 Å². The van der Waals surface area contributed by atoms with Gasteiger partial charge in [-0.1, -0.05) is 0 Å². The third-order valence-electron chi connectivity index (χ3n) is 1.73. The van der Waals surface area contributed by atoms with Crippen LogP contribution in [0.4, 0.5) is 0 Å². The largest absolute Gasteiger partial charge is 1.00 e. The van der Waals surface area contributed by atoms with E-state index in [0.29, 0.717) is 0 Å². The summed E-state index contributed by atoms with van der Waals surface area (Å²) < 4.78 is 0. The van der Waals surface area contributed by atoms with Gasteiger partial charge in [0.25, 0.3) is 0 Å². The van der Waals surface area contributed by atoms with Crippen LogP contribution in [0.25, 0.3) is 0 Å². The first-order chi connectivity index (χ1) is 8.18. The summed E-state index contributed by atoms with van der Waals surface area (Å²) in [5.74, 6) is -2.44. The number of carboxylic acids is 1. The Labute approximate surface area is 131 Å². The number of ketones is 1. The van der Waals surface area contributed by atoms with Gasteiger partial charge < -0.3 is 40.5 Å².